The second-order valence-electron chi connectivity index (χ2n) is 5.94. The first-order valence-corrected chi connectivity index (χ1v) is 9.11. The van der Waals surface area contributed by atoms with Gasteiger partial charge >= 0.3 is 0 Å². The number of aryl methyl sites for hydroxylation is 1. The molecule has 1 heterocycles. The lowest BCUT2D eigenvalue weighted by Crippen LogP contribution is -2.40. The number of aliphatic imine (C=N–C) groups is 1. The molecule has 0 aliphatic carbocycles. The van der Waals surface area contributed by atoms with Crippen LogP contribution in [0.25, 0.3) is 0 Å². The van der Waals surface area contributed by atoms with Crippen LogP contribution in [0.3, 0.4) is 0 Å². The summed E-state index contributed by atoms with van der Waals surface area (Å²) in [6.07, 6.45) is 0.761. The molecule has 0 spiro atoms. The Kier molecular flexibility index (Phi) is 11.2. The van der Waals surface area contributed by atoms with Crippen molar-refractivity contribution in [3.63, 3.8) is 0 Å². The van der Waals surface area contributed by atoms with Crippen LogP contribution in [-0.2, 0) is 24.8 Å². The zero-order valence-electron chi connectivity index (χ0n) is 16.7. The molecule has 2 N–H and O–H groups in total. The number of aromatic nitrogens is 3. The number of ether oxygens (including phenoxy) is 2. The quantitative estimate of drug-likeness (QED) is 0.228. The van der Waals surface area contributed by atoms with Gasteiger partial charge < -0.3 is 24.7 Å². The topological polar surface area (TPSA) is 85.6 Å². The molecule has 0 amide bonds. The van der Waals surface area contributed by atoms with Crippen LogP contribution in [0.15, 0.2) is 23.2 Å². The molecule has 0 saturated carbocycles. The van der Waals surface area contributed by atoms with Crippen LogP contribution in [0.1, 0.15) is 17.2 Å². The minimum absolute atomic E-state index is 0. The number of methoxy groups -OCH3 is 2. The summed E-state index contributed by atoms with van der Waals surface area (Å²) in [6, 6.07) is 5.70. The highest BCUT2D eigenvalue weighted by Gasteiger charge is 2.06. The van der Waals surface area contributed by atoms with E-state index in [0.717, 1.165) is 29.4 Å². The zero-order chi connectivity index (χ0) is 19.6. The van der Waals surface area contributed by atoms with Crippen LogP contribution in [0.5, 0.6) is 5.75 Å². The Morgan fingerprint density at radius 3 is 2.57 bits per heavy atom. The van der Waals surface area contributed by atoms with Crippen molar-refractivity contribution in [2.24, 2.45) is 12.0 Å². The highest BCUT2D eigenvalue weighted by molar-refractivity contribution is 14.0. The lowest BCUT2D eigenvalue weighted by atomic mass is 10.1. The predicted molar refractivity (Wildman–Crippen MR) is 122 cm³/mol. The molecule has 2 aromatic rings. The first kappa shape index (κ1) is 24.4. The molecule has 1 aromatic carbocycles. The van der Waals surface area contributed by atoms with Crippen LogP contribution >= 0.6 is 35.6 Å². The molecule has 8 nitrogen and oxygen atoms in total. The van der Waals surface area contributed by atoms with Crippen molar-refractivity contribution in [3.8, 4) is 5.75 Å². The molecule has 28 heavy (non-hydrogen) atoms. The smallest absolute Gasteiger partial charge is 0.191 e. The monoisotopic (exact) mass is 522 g/mol. The third-order valence-electron chi connectivity index (χ3n) is 4.11. The molecule has 0 atom stereocenters. The Morgan fingerprint density at radius 2 is 1.96 bits per heavy atom. The molecule has 156 valence electrons. The van der Waals surface area contributed by atoms with Gasteiger partial charge in [0.1, 0.15) is 18.1 Å². The normalized spacial score (nSPS) is 11.1. The second-order valence-corrected chi connectivity index (χ2v) is 6.35. The van der Waals surface area contributed by atoms with Gasteiger partial charge in [0.15, 0.2) is 11.8 Å². The van der Waals surface area contributed by atoms with E-state index in [9.17, 15) is 0 Å². The molecule has 0 aliphatic rings. The molecule has 0 unspecified atom stereocenters. The van der Waals surface area contributed by atoms with Crippen molar-refractivity contribution in [2.75, 3.05) is 33.9 Å². The van der Waals surface area contributed by atoms with Crippen LogP contribution in [0.2, 0.25) is 5.02 Å². The maximum atomic E-state index is 6.30. The number of nitrogens with one attached hydrogen (secondary N) is 2. The van der Waals surface area contributed by atoms with Crippen LogP contribution < -0.4 is 15.4 Å². The average molecular weight is 523 g/mol. The second kappa shape index (κ2) is 12.8. The minimum atomic E-state index is 0. The summed E-state index contributed by atoms with van der Waals surface area (Å²) < 4.78 is 12.2. The fourth-order valence-electron chi connectivity index (χ4n) is 2.36. The summed E-state index contributed by atoms with van der Waals surface area (Å²) in [7, 11) is 5.22. The maximum Gasteiger partial charge on any atom is 0.191 e. The fraction of sp³-hybridized carbons (Fsp3) is 0.500. The van der Waals surface area contributed by atoms with Crippen LogP contribution in [0, 0.1) is 6.92 Å². The van der Waals surface area contributed by atoms with Crippen molar-refractivity contribution in [2.45, 2.75) is 19.9 Å². The van der Waals surface area contributed by atoms with E-state index >= 15 is 0 Å². The van der Waals surface area contributed by atoms with Gasteiger partial charge in [-0.1, -0.05) is 17.7 Å². The summed E-state index contributed by atoms with van der Waals surface area (Å²) in [5.41, 5.74) is 1.05. The third-order valence-corrected chi connectivity index (χ3v) is 4.46. The Morgan fingerprint density at radius 1 is 1.21 bits per heavy atom. The van der Waals surface area contributed by atoms with E-state index < -0.39 is 0 Å². The van der Waals surface area contributed by atoms with Crippen molar-refractivity contribution < 1.29 is 9.47 Å². The number of hydrogen-bond acceptors (Lipinski definition) is 5. The summed E-state index contributed by atoms with van der Waals surface area (Å²) in [6.45, 7) is 4.28. The van der Waals surface area contributed by atoms with Gasteiger partial charge in [0.25, 0.3) is 0 Å². The summed E-state index contributed by atoms with van der Waals surface area (Å²) in [4.78, 5) is 4.58. The van der Waals surface area contributed by atoms with Gasteiger partial charge in [-0.05, 0) is 31.0 Å². The number of rotatable bonds is 9. The molecule has 0 radical (unpaired) electrons. The largest absolute Gasteiger partial charge is 0.497 e. The predicted octanol–water partition coefficient (Wildman–Crippen LogP) is 2.33. The van der Waals surface area contributed by atoms with Crippen molar-refractivity contribution in [3.05, 3.63) is 40.4 Å². The van der Waals surface area contributed by atoms with Gasteiger partial charge in [-0.25, -0.2) is 4.99 Å². The van der Waals surface area contributed by atoms with E-state index in [1.165, 1.54) is 0 Å². The molecule has 0 bridgehead atoms. The summed E-state index contributed by atoms with van der Waals surface area (Å²) >= 11 is 6.30. The van der Waals surface area contributed by atoms with Crippen LogP contribution in [-0.4, -0.2) is 54.6 Å². The number of hydrogen-bond donors (Lipinski definition) is 2. The SMILES string of the molecule is COCCNC(=NCc1nnc(C)n1C)NCCc1ccc(OC)cc1Cl.I. The number of nitrogens with zero attached hydrogens (tertiary/aromatic N) is 4. The number of guanidine groups is 1. The highest BCUT2D eigenvalue weighted by atomic mass is 127. The van der Waals surface area contributed by atoms with E-state index in [1.54, 1.807) is 14.2 Å². The summed E-state index contributed by atoms with van der Waals surface area (Å²) in [5.74, 6) is 3.10. The molecule has 2 rings (SSSR count). The Hall–Kier alpha value is -1.59. The van der Waals surface area contributed by atoms with Crippen LogP contribution in [0.4, 0.5) is 0 Å². The van der Waals surface area contributed by atoms with Crippen molar-refractivity contribution in [1.82, 2.24) is 25.4 Å². The number of halogens is 2. The molecular formula is C18H28ClIN6O2. The van der Waals surface area contributed by atoms with E-state index in [2.05, 4.69) is 25.8 Å². The lowest BCUT2D eigenvalue weighted by Gasteiger charge is -2.13. The van der Waals surface area contributed by atoms with E-state index in [-0.39, 0.29) is 24.0 Å². The van der Waals surface area contributed by atoms with Gasteiger partial charge in [0.2, 0.25) is 0 Å². The first-order valence-electron chi connectivity index (χ1n) is 8.73. The Balaban J connectivity index is 0.00000392. The maximum absolute atomic E-state index is 6.30. The zero-order valence-corrected chi connectivity index (χ0v) is 19.7. The molecular weight excluding hydrogens is 495 g/mol. The highest BCUT2D eigenvalue weighted by Crippen LogP contribution is 2.22. The first-order chi connectivity index (χ1) is 13.0. The van der Waals surface area contributed by atoms with E-state index in [0.29, 0.717) is 37.2 Å². The molecule has 1 aromatic heterocycles. The van der Waals surface area contributed by atoms with Gasteiger partial charge in [0.05, 0.1) is 13.7 Å². The van der Waals surface area contributed by atoms with Gasteiger partial charge in [0, 0.05) is 32.3 Å². The van der Waals surface area contributed by atoms with Crippen molar-refractivity contribution in [1.29, 1.82) is 0 Å². The molecule has 0 aliphatic heterocycles. The minimum Gasteiger partial charge on any atom is -0.497 e. The van der Waals surface area contributed by atoms with E-state index in [1.807, 2.05) is 36.7 Å². The van der Waals surface area contributed by atoms with Gasteiger partial charge in [-0.15, -0.1) is 34.2 Å². The third kappa shape index (κ3) is 7.44. The van der Waals surface area contributed by atoms with E-state index in [4.69, 9.17) is 21.1 Å². The fourth-order valence-corrected chi connectivity index (χ4v) is 2.62. The van der Waals surface area contributed by atoms with Crippen molar-refractivity contribution >= 4 is 41.5 Å². The molecule has 0 fully saturated rings. The Labute approximate surface area is 188 Å². The average Bonchev–Trinajstić information content (AvgIpc) is 2.99. The summed E-state index contributed by atoms with van der Waals surface area (Å²) in [5, 5.41) is 15.4. The lowest BCUT2D eigenvalue weighted by molar-refractivity contribution is 0.203. The Bertz CT molecular complexity index is 769. The number of benzene rings is 1. The standard InChI is InChI=1S/C18H27ClN6O2.HI/c1-13-23-24-17(25(13)2)12-22-18(21-9-10-26-3)20-8-7-14-5-6-15(27-4)11-16(14)19;/h5-6,11H,7-10,12H2,1-4H3,(H2,20,21,22);1H. The molecule has 10 heteroatoms. The molecule has 0 saturated heterocycles. The van der Waals surface area contributed by atoms with Gasteiger partial charge in [-0.2, -0.15) is 0 Å². The van der Waals surface area contributed by atoms with Gasteiger partial charge in [-0.3, -0.25) is 0 Å².